The van der Waals surface area contributed by atoms with Gasteiger partial charge in [0.2, 0.25) is 10.0 Å². The van der Waals surface area contributed by atoms with Crippen LogP contribution in [0.15, 0.2) is 29.3 Å². The predicted molar refractivity (Wildman–Crippen MR) is 62.8 cm³/mol. The molecule has 0 fully saturated rings. The van der Waals surface area contributed by atoms with Crippen LogP contribution in [0.3, 0.4) is 0 Å². The van der Waals surface area contributed by atoms with Crippen LogP contribution in [-0.4, -0.2) is 18.6 Å². The Bertz CT molecular complexity index is 785. The van der Waals surface area contributed by atoms with Crippen molar-refractivity contribution in [3.05, 3.63) is 24.4 Å². The molecule has 1 aromatic carbocycles. The van der Waals surface area contributed by atoms with Crippen molar-refractivity contribution in [1.82, 2.24) is 10.2 Å². The first-order chi connectivity index (χ1) is 7.57. The quantitative estimate of drug-likeness (QED) is 0.687. The maximum atomic E-state index is 11.4. The van der Waals surface area contributed by atoms with Crippen molar-refractivity contribution >= 4 is 41.7 Å². The van der Waals surface area contributed by atoms with Crippen molar-refractivity contribution in [1.29, 1.82) is 0 Å². The summed E-state index contributed by atoms with van der Waals surface area (Å²) in [7, 11) is -3.68. The molecule has 0 spiro atoms. The first kappa shape index (κ1) is 9.76. The number of nitrogens with zero attached hydrogens (tertiary/aromatic N) is 1. The smallest absolute Gasteiger partial charge is 0.239 e. The third-order valence-electron chi connectivity index (χ3n) is 2.37. The SMILES string of the molecule is NS(=O)(=O)c1cccc2c1sc1cn[nH]c12. The van der Waals surface area contributed by atoms with Crippen LogP contribution in [0, 0.1) is 0 Å². The minimum atomic E-state index is -3.68. The molecule has 0 bridgehead atoms. The van der Waals surface area contributed by atoms with Crippen LogP contribution in [0.5, 0.6) is 0 Å². The summed E-state index contributed by atoms with van der Waals surface area (Å²) in [5.74, 6) is 0. The van der Waals surface area contributed by atoms with Crippen LogP contribution >= 0.6 is 11.3 Å². The molecule has 3 aromatic rings. The Morgan fingerprint density at radius 1 is 1.38 bits per heavy atom. The van der Waals surface area contributed by atoms with Crippen molar-refractivity contribution in [3.63, 3.8) is 0 Å². The Balaban J connectivity index is 2.56. The highest BCUT2D eigenvalue weighted by Crippen LogP contribution is 2.35. The van der Waals surface area contributed by atoms with E-state index in [-0.39, 0.29) is 4.90 Å². The maximum Gasteiger partial charge on any atom is 0.239 e. The second kappa shape index (κ2) is 3.03. The normalized spacial score (nSPS) is 12.6. The van der Waals surface area contributed by atoms with Gasteiger partial charge in [-0.25, -0.2) is 13.6 Å². The van der Waals surface area contributed by atoms with Crippen molar-refractivity contribution in [2.75, 3.05) is 0 Å². The van der Waals surface area contributed by atoms with E-state index in [9.17, 15) is 8.42 Å². The van der Waals surface area contributed by atoms with Crippen LogP contribution in [0.1, 0.15) is 0 Å². The number of sulfonamides is 1. The molecule has 0 aliphatic rings. The van der Waals surface area contributed by atoms with E-state index in [4.69, 9.17) is 5.14 Å². The lowest BCUT2D eigenvalue weighted by Crippen LogP contribution is -2.11. The lowest BCUT2D eigenvalue weighted by molar-refractivity contribution is 0.599. The van der Waals surface area contributed by atoms with Crippen molar-refractivity contribution in [3.8, 4) is 0 Å². The molecule has 3 N–H and O–H groups in total. The number of hydrogen-bond acceptors (Lipinski definition) is 4. The lowest BCUT2D eigenvalue weighted by atomic mass is 10.2. The van der Waals surface area contributed by atoms with Crippen molar-refractivity contribution in [2.24, 2.45) is 5.14 Å². The molecule has 0 aliphatic heterocycles. The van der Waals surface area contributed by atoms with Gasteiger partial charge in [-0.1, -0.05) is 12.1 Å². The minimum absolute atomic E-state index is 0.166. The first-order valence-electron chi connectivity index (χ1n) is 4.45. The molecule has 16 heavy (non-hydrogen) atoms. The van der Waals surface area contributed by atoms with Gasteiger partial charge in [0.05, 0.1) is 26.0 Å². The van der Waals surface area contributed by atoms with E-state index in [0.717, 1.165) is 15.6 Å². The average Bonchev–Trinajstić information content (AvgIpc) is 2.74. The number of aromatic amines is 1. The fraction of sp³-hybridized carbons (Fsp3) is 0. The molecular weight excluding hydrogens is 246 g/mol. The number of primary sulfonamides is 1. The molecule has 3 rings (SSSR count). The summed E-state index contributed by atoms with van der Waals surface area (Å²) < 4.78 is 24.4. The summed E-state index contributed by atoms with van der Waals surface area (Å²) in [4.78, 5) is 0.166. The van der Waals surface area contributed by atoms with E-state index in [0.29, 0.717) is 4.70 Å². The van der Waals surface area contributed by atoms with E-state index in [1.807, 2.05) is 6.07 Å². The number of benzene rings is 1. The molecule has 5 nitrogen and oxygen atoms in total. The van der Waals surface area contributed by atoms with Gasteiger partial charge < -0.3 is 0 Å². The highest BCUT2D eigenvalue weighted by atomic mass is 32.2. The Hall–Kier alpha value is -1.44. The zero-order valence-corrected chi connectivity index (χ0v) is 9.60. The van der Waals surface area contributed by atoms with Crippen LogP contribution in [0.25, 0.3) is 20.3 Å². The first-order valence-corrected chi connectivity index (χ1v) is 6.81. The van der Waals surface area contributed by atoms with Crippen LogP contribution in [0.2, 0.25) is 0 Å². The van der Waals surface area contributed by atoms with E-state index in [2.05, 4.69) is 10.2 Å². The summed E-state index contributed by atoms with van der Waals surface area (Å²) in [6, 6.07) is 5.04. The largest absolute Gasteiger partial charge is 0.276 e. The molecule has 0 unspecified atom stereocenters. The highest BCUT2D eigenvalue weighted by molar-refractivity contribution is 7.89. The molecule has 2 heterocycles. The Kier molecular flexibility index (Phi) is 1.85. The number of thiophene rings is 1. The molecule has 0 atom stereocenters. The number of rotatable bonds is 1. The summed E-state index contributed by atoms with van der Waals surface area (Å²) in [6.45, 7) is 0. The van der Waals surface area contributed by atoms with Crippen LogP contribution in [0.4, 0.5) is 0 Å². The minimum Gasteiger partial charge on any atom is -0.276 e. The van der Waals surface area contributed by atoms with Gasteiger partial charge in [-0.05, 0) is 6.07 Å². The zero-order chi connectivity index (χ0) is 11.3. The van der Waals surface area contributed by atoms with E-state index in [1.165, 1.54) is 17.4 Å². The standard InChI is InChI=1S/C9H7N3O2S2/c10-16(13,14)7-3-1-2-5-8-6(4-11-12-8)15-9(5)7/h1-4H,(H,11,12)(H2,10,13,14). The fourth-order valence-corrected chi connectivity index (χ4v) is 3.84. The van der Waals surface area contributed by atoms with E-state index < -0.39 is 10.0 Å². The summed E-state index contributed by atoms with van der Waals surface area (Å²) in [5, 5.41) is 12.8. The topological polar surface area (TPSA) is 88.8 Å². The van der Waals surface area contributed by atoms with Gasteiger partial charge >= 0.3 is 0 Å². The van der Waals surface area contributed by atoms with Gasteiger partial charge in [-0.15, -0.1) is 11.3 Å². The maximum absolute atomic E-state index is 11.4. The molecule has 2 aromatic heterocycles. The molecular formula is C9H7N3O2S2. The number of H-pyrrole nitrogens is 1. The predicted octanol–water partition coefficient (Wildman–Crippen LogP) is 1.43. The fourth-order valence-electron chi connectivity index (χ4n) is 1.70. The number of nitrogens with one attached hydrogen (secondary N) is 1. The number of nitrogens with two attached hydrogens (primary N) is 1. The van der Waals surface area contributed by atoms with Gasteiger partial charge in [0.25, 0.3) is 0 Å². The molecule has 0 amide bonds. The molecule has 0 radical (unpaired) electrons. The van der Waals surface area contributed by atoms with Gasteiger partial charge in [-0.2, -0.15) is 5.10 Å². The molecule has 0 aliphatic carbocycles. The van der Waals surface area contributed by atoms with Crippen molar-refractivity contribution < 1.29 is 8.42 Å². The van der Waals surface area contributed by atoms with Gasteiger partial charge in [-0.3, -0.25) is 5.10 Å². The van der Waals surface area contributed by atoms with Gasteiger partial charge in [0, 0.05) is 5.39 Å². The van der Waals surface area contributed by atoms with Crippen LogP contribution < -0.4 is 5.14 Å². The molecule has 0 saturated carbocycles. The molecule has 0 saturated heterocycles. The zero-order valence-electron chi connectivity index (χ0n) is 7.97. The second-order valence-electron chi connectivity index (χ2n) is 3.39. The number of fused-ring (bicyclic) bond motifs is 3. The van der Waals surface area contributed by atoms with E-state index in [1.54, 1.807) is 12.3 Å². The van der Waals surface area contributed by atoms with Gasteiger partial charge in [0.1, 0.15) is 0 Å². The summed E-state index contributed by atoms with van der Waals surface area (Å²) in [6.07, 6.45) is 1.67. The Morgan fingerprint density at radius 2 is 2.19 bits per heavy atom. The van der Waals surface area contributed by atoms with Crippen molar-refractivity contribution in [2.45, 2.75) is 4.90 Å². The summed E-state index contributed by atoms with van der Waals surface area (Å²) >= 11 is 1.37. The van der Waals surface area contributed by atoms with E-state index >= 15 is 0 Å². The van der Waals surface area contributed by atoms with Gasteiger partial charge in [0.15, 0.2) is 0 Å². The molecule has 7 heteroatoms. The summed E-state index contributed by atoms with van der Waals surface area (Å²) in [5.41, 5.74) is 0.852. The average molecular weight is 253 g/mol. The third-order valence-corrected chi connectivity index (χ3v) is 4.63. The Labute approximate surface area is 94.9 Å². The Morgan fingerprint density at radius 3 is 2.94 bits per heavy atom. The second-order valence-corrected chi connectivity index (χ2v) is 5.97. The highest BCUT2D eigenvalue weighted by Gasteiger charge is 2.16. The number of aromatic nitrogens is 2. The number of hydrogen-bond donors (Lipinski definition) is 2. The lowest BCUT2D eigenvalue weighted by Gasteiger charge is -1.98. The third kappa shape index (κ3) is 1.26. The van der Waals surface area contributed by atoms with Crippen LogP contribution in [-0.2, 0) is 10.0 Å². The molecule has 82 valence electrons. The monoisotopic (exact) mass is 253 g/mol.